The molecule has 1 unspecified atom stereocenters. The van der Waals surface area contributed by atoms with E-state index in [0.29, 0.717) is 17.1 Å². The van der Waals surface area contributed by atoms with E-state index >= 15 is 0 Å². The molecule has 0 aliphatic carbocycles. The van der Waals surface area contributed by atoms with Gasteiger partial charge in [-0.3, -0.25) is 4.90 Å². The van der Waals surface area contributed by atoms with Crippen LogP contribution in [0.3, 0.4) is 0 Å². The van der Waals surface area contributed by atoms with Crippen LogP contribution < -0.4 is 9.47 Å². The molecule has 37 heavy (non-hydrogen) atoms. The molecule has 0 amide bonds. The number of para-hydroxylation sites is 1. The largest absolute Gasteiger partial charge is 0.493 e. The zero-order valence-electron chi connectivity index (χ0n) is 20.4. The summed E-state index contributed by atoms with van der Waals surface area (Å²) in [6.07, 6.45) is -2.67. The summed E-state index contributed by atoms with van der Waals surface area (Å²) in [5.41, 5.74) is 5.88. The van der Waals surface area contributed by atoms with Crippen LogP contribution in [-0.2, 0) is 38.9 Å². The summed E-state index contributed by atoms with van der Waals surface area (Å²) in [5, 5.41) is 11.3. The summed E-state index contributed by atoms with van der Waals surface area (Å²) in [6.45, 7) is 1.75. The molecule has 1 aromatic heterocycles. The Hall–Kier alpha value is -3.49. The van der Waals surface area contributed by atoms with Crippen molar-refractivity contribution in [1.29, 1.82) is 0 Å². The summed E-state index contributed by atoms with van der Waals surface area (Å²) < 4.78 is 52.3. The smallest absolute Gasteiger partial charge is 0.416 e. The first-order valence-electron chi connectivity index (χ1n) is 12.3. The van der Waals surface area contributed by atoms with E-state index in [0.717, 1.165) is 43.6 Å². The van der Waals surface area contributed by atoms with Crippen LogP contribution in [0.25, 0.3) is 10.9 Å². The van der Waals surface area contributed by atoms with Crippen LogP contribution in [0.4, 0.5) is 13.2 Å². The van der Waals surface area contributed by atoms with Crippen molar-refractivity contribution in [3.05, 3.63) is 94.2 Å². The second-order valence-electron chi connectivity index (χ2n) is 9.64. The van der Waals surface area contributed by atoms with Crippen LogP contribution in [0.5, 0.6) is 11.5 Å². The molecule has 4 aromatic rings. The molecule has 2 aliphatic heterocycles. The van der Waals surface area contributed by atoms with Gasteiger partial charge in [-0.1, -0.05) is 30.3 Å². The fraction of sp³-hybridized carbons (Fsp3) is 0.310. The quantitative estimate of drug-likeness (QED) is 0.367. The van der Waals surface area contributed by atoms with E-state index in [2.05, 4.69) is 17.0 Å². The number of halogens is 3. The molecule has 3 aromatic carbocycles. The minimum Gasteiger partial charge on any atom is -0.493 e. The lowest BCUT2D eigenvalue weighted by Crippen LogP contribution is -2.39. The number of hydrogen-bond acceptors (Lipinski definition) is 4. The van der Waals surface area contributed by atoms with Gasteiger partial charge in [-0.15, -0.1) is 0 Å². The van der Waals surface area contributed by atoms with Crippen LogP contribution in [0.2, 0.25) is 0 Å². The monoisotopic (exact) mass is 508 g/mol. The molecule has 5 nitrogen and oxygen atoms in total. The summed E-state index contributed by atoms with van der Waals surface area (Å²) in [7, 11) is 1.60. The Morgan fingerprint density at radius 3 is 2.54 bits per heavy atom. The molecule has 192 valence electrons. The molecule has 8 heteroatoms. The summed E-state index contributed by atoms with van der Waals surface area (Å²) in [5.74, 6) is 1.19. The average Bonchev–Trinajstić information content (AvgIpc) is 3.22. The maximum atomic E-state index is 12.9. The highest BCUT2D eigenvalue weighted by Gasteiger charge is 2.36. The molecule has 0 radical (unpaired) electrons. The Morgan fingerprint density at radius 1 is 1.03 bits per heavy atom. The molecule has 3 heterocycles. The lowest BCUT2D eigenvalue weighted by Gasteiger charge is -2.41. The number of aromatic nitrogens is 1. The van der Waals surface area contributed by atoms with E-state index in [1.807, 2.05) is 28.8 Å². The highest BCUT2D eigenvalue weighted by Crippen LogP contribution is 2.44. The van der Waals surface area contributed by atoms with Crippen molar-refractivity contribution in [2.75, 3.05) is 13.7 Å². The van der Waals surface area contributed by atoms with Gasteiger partial charge in [0, 0.05) is 30.2 Å². The number of aliphatic hydroxyl groups is 1. The molecular weight excluding hydrogens is 481 g/mol. The summed E-state index contributed by atoms with van der Waals surface area (Å²) >= 11 is 0. The number of ether oxygens (including phenoxy) is 2. The average molecular weight is 509 g/mol. The topological polar surface area (TPSA) is 46.9 Å². The second-order valence-corrected chi connectivity index (χ2v) is 9.64. The predicted molar refractivity (Wildman–Crippen MR) is 133 cm³/mol. The van der Waals surface area contributed by atoms with Crippen LogP contribution in [-0.4, -0.2) is 28.2 Å². The summed E-state index contributed by atoms with van der Waals surface area (Å²) in [4.78, 5) is 2.46. The minimum atomic E-state index is -4.36. The number of rotatable bonds is 5. The predicted octanol–water partition coefficient (Wildman–Crippen LogP) is 5.85. The highest BCUT2D eigenvalue weighted by molar-refractivity contribution is 5.86. The van der Waals surface area contributed by atoms with Crippen LogP contribution in [0, 0.1) is 0 Å². The van der Waals surface area contributed by atoms with Crippen molar-refractivity contribution in [2.45, 2.75) is 44.9 Å². The Balaban J connectivity index is 1.28. The molecular formula is C29H27F3N2O3. The van der Waals surface area contributed by atoms with E-state index in [9.17, 15) is 18.3 Å². The zero-order chi connectivity index (χ0) is 25.7. The SMILES string of the molecule is COc1cc2c(cc1OCc1ccc(C(F)(F)F)cc1)CCN1Cc3c(c4ccccc4n3CO)CC21. The molecule has 1 atom stereocenters. The van der Waals surface area contributed by atoms with Gasteiger partial charge in [0.2, 0.25) is 0 Å². The first-order chi connectivity index (χ1) is 17.9. The van der Waals surface area contributed by atoms with E-state index in [1.54, 1.807) is 7.11 Å². The number of methoxy groups -OCH3 is 1. The molecule has 0 bridgehead atoms. The van der Waals surface area contributed by atoms with E-state index in [-0.39, 0.29) is 19.4 Å². The fourth-order valence-electron chi connectivity index (χ4n) is 5.80. The third-order valence-corrected chi connectivity index (χ3v) is 7.66. The standard InChI is InChI=1S/C29H27F3N2O3/c1-36-27-14-22-19(12-28(27)37-16-18-6-8-20(9-7-18)29(30,31)32)10-11-33-15-26-23(13-25(22)33)21-4-2-3-5-24(21)34(26)17-35/h2-9,12,14,25,35H,10-11,13,15-17H2,1H3. The number of benzene rings is 3. The second kappa shape index (κ2) is 9.11. The Labute approximate surface area is 212 Å². The van der Waals surface area contributed by atoms with Crippen LogP contribution >= 0.6 is 0 Å². The van der Waals surface area contributed by atoms with Gasteiger partial charge in [0.05, 0.1) is 18.2 Å². The van der Waals surface area contributed by atoms with E-state index in [4.69, 9.17) is 9.47 Å². The minimum absolute atomic E-state index is 0.0433. The lowest BCUT2D eigenvalue weighted by atomic mass is 9.85. The van der Waals surface area contributed by atoms with Crippen molar-refractivity contribution < 1.29 is 27.8 Å². The molecule has 1 N–H and O–H groups in total. The van der Waals surface area contributed by atoms with E-state index in [1.165, 1.54) is 39.9 Å². The number of nitrogens with zero attached hydrogens (tertiary/aromatic N) is 2. The number of fused-ring (bicyclic) bond motifs is 6. The van der Waals surface area contributed by atoms with Crippen molar-refractivity contribution in [1.82, 2.24) is 9.47 Å². The molecule has 0 fully saturated rings. The third kappa shape index (κ3) is 4.14. The van der Waals surface area contributed by atoms with Gasteiger partial charge in [-0.05, 0) is 65.4 Å². The Kier molecular flexibility index (Phi) is 5.88. The zero-order valence-corrected chi connectivity index (χ0v) is 20.4. The van der Waals surface area contributed by atoms with Gasteiger partial charge >= 0.3 is 6.18 Å². The van der Waals surface area contributed by atoms with Gasteiger partial charge in [0.15, 0.2) is 11.5 Å². The lowest BCUT2D eigenvalue weighted by molar-refractivity contribution is -0.137. The van der Waals surface area contributed by atoms with Gasteiger partial charge in [-0.25, -0.2) is 0 Å². The highest BCUT2D eigenvalue weighted by atomic mass is 19.4. The number of hydrogen-bond donors (Lipinski definition) is 1. The van der Waals surface area contributed by atoms with Crippen molar-refractivity contribution >= 4 is 10.9 Å². The normalized spacial score (nSPS) is 17.3. The molecule has 0 saturated heterocycles. The third-order valence-electron chi connectivity index (χ3n) is 7.66. The van der Waals surface area contributed by atoms with Crippen LogP contribution in [0.1, 0.15) is 39.6 Å². The van der Waals surface area contributed by atoms with Gasteiger partial charge in [0.25, 0.3) is 0 Å². The fourth-order valence-corrected chi connectivity index (χ4v) is 5.80. The molecule has 0 spiro atoms. The molecule has 0 saturated carbocycles. The Morgan fingerprint density at radius 2 is 1.81 bits per heavy atom. The van der Waals surface area contributed by atoms with Gasteiger partial charge in [-0.2, -0.15) is 13.2 Å². The first-order valence-corrected chi connectivity index (χ1v) is 12.3. The van der Waals surface area contributed by atoms with Crippen molar-refractivity contribution in [3.8, 4) is 11.5 Å². The van der Waals surface area contributed by atoms with Crippen molar-refractivity contribution in [2.24, 2.45) is 0 Å². The van der Waals surface area contributed by atoms with E-state index < -0.39 is 11.7 Å². The maximum Gasteiger partial charge on any atom is 0.416 e. The Bertz CT molecular complexity index is 1460. The number of alkyl halides is 3. The molecule has 6 rings (SSSR count). The summed E-state index contributed by atoms with van der Waals surface area (Å²) in [6, 6.07) is 17.5. The first kappa shape index (κ1) is 23.9. The van der Waals surface area contributed by atoms with Gasteiger partial charge < -0.3 is 19.1 Å². The number of aliphatic hydroxyl groups excluding tert-OH is 1. The maximum absolute atomic E-state index is 12.9. The van der Waals surface area contributed by atoms with Crippen LogP contribution in [0.15, 0.2) is 60.7 Å². The molecule has 2 aliphatic rings. The van der Waals surface area contributed by atoms with Crippen molar-refractivity contribution in [3.63, 3.8) is 0 Å². The van der Waals surface area contributed by atoms with Gasteiger partial charge in [0.1, 0.15) is 13.3 Å².